The average Bonchev–Trinajstić information content (AvgIpc) is 2.36. The lowest BCUT2D eigenvalue weighted by molar-refractivity contribution is -0.121. The van der Waals surface area contributed by atoms with Gasteiger partial charge in [-0.1, -0.05) is 19.1 Å². The zero-order chi connectivity index (χ0) is 12.5. The molecule has 0 saturated carbocycles. The molecule has 0 radical (unpaired) electrons. The lowest BCUT2D eigenvalue weighted by Gasteiger charge is -2.08. The third-order valence-electron chi connectivity index (χ3n) is 2.35. The molecule has 17 heavy (non-hydrogen) atoms. The molecule has 0 aromatic heterocycles. The van der Waals surface area contributed by atoms with Crippen LogP contribution < -0.4 is 15.4 Å². The second-order valence-corrected chi connectivity index (χ2v) is 3.70. The Bertz CT molecular complexity index is 353. The van der Waals surface area contributed by atoms with Crippen molar-refractivity contribution in [3.63, 3.8) is 0 Å². The van der Waals surface area contributed by atoms with Crippen LogP contribution in [0.5, 0.6) is 5.75 Å². The summed E-state index contributed by atoms with van der Waals surface area (Å²) in [4.78, 5) is 11.0. The maximum absolute atomic E-state index is 11.0. The van der Waals surface area contributed by atoms with Crippen LogP contribution in [0.1, 0.15) is 18.9 Å². The summed E-state index contributed by atoms with van der Waals surface area (Å²) in [5, 5.41) is 5.82. The first kappa shape index (κ1) is 13.5. The normalized spacial score (nSPS) is 10.0. The predicted molar refractivity (Wildman–Crippen MR) is 68.0 cm³/mol. The molecule has 4 heteroatoms. The summed E-state index contributed by atoms with van der Waals surface area (Å²) in [7, 11) is 1.62. The topological polar surface area (TPSA) is 50.4 Å². The van der Waals surface area contributed by atoms with Gasteiger partial charge in [0.2, 0.25) is 5.91 Å². The molecule has 0 fully saturated rings. The van der Waals surface area contributed by atoms with Crippen LogP contribution in [-0.2, 0) is 11.3 Å². The fourth-order valence-corrected chi connectivity index (χ4v) is 1.40. The third kappa shape index (κ3) is 5.36. The van der Waals surface area contributed by atoms with Gasteiger partial charge in [-0.05, 0) is 24.2 Å². The smallest absolute Gasteiger partial charge is 0.223 e. The van der Waals surface area contributed by atoms with E-state index in [4.69, 9.17) is 4.74 Å². The quantitative estimate of drug-likeness (QED) is 0.750. The standard InChI is InChI=1S/C13H20N2O2/c1-3-15-10-11-5-4-6-12(9-11)17-8-7-13(16)14-2/h4-6,9,15H,3,7-8,10H2,1-2H3,(H,14,16). The van der Waals surface area contributed by atoms with Gasteiger partial charge in [0.15, 0.2) is 0 Å². The molecule has 0 unspecified atom stereocenters. The van der Waals surface area contributed by atoms with Crippen molar-refractivity contribution < 1.29 is 9.53 Å². The minimum Gasteiger partial charge on any atom is -0.493 e. The average molecular weight is 236 g/mol. The van der Waals surface area contributed by atoms with Crippen LogP contribution in [0.25, 0.3) is 0 Å². The molecule has 0 bridgehead atoms. The monoisotopic (exact) mass is 236 g/mol. The van der Waals surface area contributed by atoms with E-state index in [2.05, 4.69) is 17.6 Å². The highest BCUT2D eigenvalue weighted by Crippen LogP contribution is 2.13. The molecule has 2 N–H and O–H groups in total. The van der Waals surface area contributed by atoms with Crippen molar-refractivity contribution in [1.82, 2.24) is 10.6 Å². The number of hydrogen-bond donors (Lipinski definition) is 2. The molecule has 1 amide bonds. The van der Waals surface area contributed by atoms with Crippen LogP contribution in [-0.4, -0.2) is 26.1 Å². The largest absolute Gasteiger partial charge is 0.493 e. The van der Waals surface area contributed by atoms with Crippen molar-refractivity contribution in [3.8, 4) is 5.75 Å². The van der Waals surface area contributed by atoms with E-state index in [-0.39, 0.29) is 5.91 Å². The highest BCUT2D eigenvalue weighted by molar-refractivity contribution is 5.75. The van der Waals surface area contributed by atoms with E-state index in [9.17, 15) is 4.79 Å². The molecule has 0 spiro atoms. The lowest BCUT2D eigenvalue weighted by atomic mass is 10.2. The zero-order valence-corrected chi connectivity index (χ0v) is 10.5. The van der Waals surface area contributed by atoms with E-state index in [0.717, 1.165) is 18.8 Å². The first-order chi connectivity index (χ1) is 8.26. The number of benzene rings is 1. The number of ether oxygens (including phenoxy) is 1. The van der Waals surface area contributed by atoms with Gasteiger partial charge in [-0.15, -0.1) is 0 Å². The molecule has 0 aliphatic carbocycles. The van der Waals surface area contributed by atoms with Gasteiger partial charge in [0.05, 0.1) is 13.0 Å². The summed E-state index contributed by atoms with van der Waals surface area (Å²) >= 11 is 0. The predicted octanol–water partition coefficient (Wildman–Crippen LogP) is 1.31. The van der Waals surface area contributed by atoms with E-state index in [0.29, 0.717) is 13.0 Å². The molecule has 94 valence electrons. The molecule has 0 aliphatic rings. The Hall–Kier alpha value is -1.55. The summed E-state index contributed by atoms with van der Waals surface area (Å²) in [5.41, 5.74) is 1.18. The fourth-order valence-electron chi connectivity index (χ4n) is 1.40. The summed E-state index contributed by atoms with van der Waals surface area (Å²) in [6.45, 7) is 4.26. The molecule has 1 rings (SSSR count). The summed E-state index contributed by atoms with van der Waals surface area (Å²) in [5.74, 6) is 0.804. The van der Waals surface area contributed by atoms with E-state index < -0.39 is 0 Å². The Morgan fingerprint density at radius 1 is 1.41 bits per heavy atom. The molecule has 1 aromatic carbocycles. The molecular weight excluding hydrogens is 216 g/mol. The Labute approximate surface area is 102 Å². The van der Waals surface area contributed by atoms with Gasteiger partial charge in [-0.3, -0.25) is 4.79 Å². The van der Waals surface area contributed by atoms with Gasteiger partial charge in [0, 0.05) is 13.6 Å². The number of amides is 1. The second-order valence-electron chi connectivity index (χ2n) is 3.70. The Kier molecular flexibility index (Phi) is 6.10. The van der Waals surface area contributed by atoms with Crippen molar-refractivity contribution in [2.45, 2.75) is 19.9 Å². The third-order valence-corrected chi connectivity index (χ3v) is 2.35. The van der Waals surface area contributed by atoms with Gasteiger partial charge in [0.1, 0.15) is 5.75 Å². The fraction of sp³-hybridized carbons (Fsp3) is 0.462. The number of nitrogens with one attached hydrogen (secondary N) is 2. The number of hydrogen-bond acceptors (Lipinski definition) is 3. The van der Waals surface area contributed by atoms with Crippen molar-refractivity contribution >= 4 is 5.91 Å². The highest BCUT2D eigenvalue weighted by atomic mass is 16.5. The second kappa shape index (κ2) is 7.68. The van der Waals surface area contributed by atoms with Crippen molar-refractivity contribution in [2.75, 3.05) is 20.2 Å². The lowest BCUT2D eigenvalue weighted by Crippen LogP contribution is -2.20. The van der Waals surface area contributed by atoms with E-state index in [1.807, 2.05) is 24.3 Å². The SMILES string of the molecule is CCNCc1cccc(OCCC(=O)NC)c1. The zero-order valence-electron chi connectivity index (χ0n) is 10.5. The van der Waals surface area contributed by atoms with Crippen molar-refractivity contribution in [2.24, 2.45) is 0 Å². The molecule has 0 saturated heterocycles. The van der Waals surface area contributed by atoms with Crippen molar-refractivity contribution in [3.05, 3.63) is 29.8 Å². The van der Waals surface area contributed by atoms with Crippen LogP contribution in [0.2, 0.25) is 0 Å². The van der Waals surface area contributed by atoms with Gasteiger partial charge in [0.25, 0.3) is 0 Å². The van der Waals surface area contributed by atoms with Gasteiger partial charge < -0.3 is 15.4 Å². The van der Waals surface area contributed by atoms with Gasteiger partial charge in [-0.25, -0.2) is 0 Å². The summed E-state index contributed by atoms with van der Waals surface area (Å²) in [6.07, 6.45) is 0.383. The van der Waals surface area contributed by atoms with Crippen LogP contribution in [0, 0.1) is 0 Å². The number of carbonyl (C=O) groups excluding carboxylic acids is 1. The molecule has 1 aromatic rings. The minimum atomic E-state index is -0.00574. The first-order valence-corrected chi connectivity index (χ1v) is 5.89. The van der Waals surface area contributed by atoms with Crippen LogP contribution in [0.15, 0.2) is 24.3 Å². The molecular formula is C13H20N2O2. The Morgan fingerprint density at radius 2 is 2.24 bits per heavy atom. The van der Waals surface area contributed by atoms with Crippen LogP contribution >= 0.6 is 0 Å². The summed E-state index contributed by atoms with van der Waals surface area (Å²) < 4.78 is 5.51. The highest BCUT2D eigenvalue weighted by Gasteiger charge is 2.00. The number of rotatable bonds is 7. The van der Waals surface area contributed by atoms with E-state index in [1.54, 1.807) is 7.05 Å². The van der Waals surface area contributed by atoms with Gasteiger partial charge >= 0.3 is 0 Å². The van der Waals surface area contributed by atoms with Crippen molar-refractivity contribution in [1.29, 1.82) is 0 Å². The molecule has 4 nitrogen and oxygen atoms in total. The molecule has 0 aliphatic heterocycles. The van der Waals surface area contributed by atoms with Crippen LogP contribution in [0.4, 0.5) is 0 Å². The Morgan fingerprint density at radius 3 is 2.94 bits per heavy atom. The minimum absolute atomic E-state index is 0.00574. The van der Waals surface area contributed by atoms with E-state index in [1.165, 1.54) is 5.56 Å². The van der Waals surface area contributed by atoms with Crippen LogP contribution in [0.3, 0.4) is 0 Å². The first-order valence-electron chi connectivity index (χ1n) is 5.89. The van der Waals surface area contributed by atoms with Gasteiger partial charge in [-0.2, -0.15) is 0 Å². The Balaban J connectivity index is 2.40. The van der Waals surface area contributed by atoms with E-state index >= 15 is 0 Å². The summed E-state index contributed by atoms with van der Waals surface area (Å²) in [6, 6.07) is 7.90. The maximum Gasteiger partial charge on any atom is 0.223 e. The number of carbonyl (C=O) groups is 1. The maximum atomic E-state index is 11.0. The molecule has 0 heterocycles. The molecule has 0 atom stereocenters.